The second-order valence-electron chi connectivity index (χ2n) is 7.04. The van der Waals surface area contributed by atoms with E-state index in [9.17, 15) is 10.0 Å². The van der Waals surface area contributed by atoms with Crippen LogP contribution in [0.25, 0.3) is 38.6 Å². The third-order valence-corrected chi connectivity index (χ3v) is 5.81. The van der Waals surface area contributed by atoms with Crippen molar-refractivity contribution in [2.45, 2.75) is 4.90 Å². The lowest BCUT2D eigenvalue weighted by molar-refractivity contribution is 0.425. The van der Waals surface area contributed by atoms with E-state index in [1.54, 1.807) is 6.07 Å². The molecule has 2 N–H and O–H groups in total. The van der Waals surface area contributed by atoms with Gasteiger partial charge in [0.25, 0.3) is 0 Å². The predicted octanol–water partition coefficient (Wildman–Crippen LogP) is 4.42. The summed E-state index contributed by atoms with van der Waals surface area (Å²) in [6.45, 7) is 0. The number of nitrogens with zero attached hydrogens (tertiary/aromatic N) is 1. The fraction of sp³-hybridized carbons (Fsp3) is 0. The number of thiol groups is 1. The average molecular weight is 395 g/mol. The highest BCUT2D eigenvalue weighted by molar-refractivity contribution is 7.80. The first-order chi connectivity index (χ1) is 14.1. The number of para-hydroxylation sites is 2. The molecular formula is C24H18BNO2S. The van der Waals surface area contributed by atoms with Gasteiger partial charge in [-0.2, -0.15) is 0 Å². The van der Waals surface area contributed by atoms with E-state index in [1.807, 2.05) is 54.6 Å². The first-order valence-electron chi connectivity index (χ1n) is 9.42. The van der Waals surface area contributed by atoms with Crippen LogP contribution in [-0.4, -0.2) is 21.7 Å². The molecule has 0 fully saturated rings. The Hall–Kier alpha value is -2.99. The van der Waals surface area contributed by atoms with Gasteiger partial charge in [0, 0.05) is 15.7 Å². The molecule has 1 aromatic heterocycles. The lowest BCUT2D eigenvalue weighted by Crippen LogP contribution is -2.32. The van der Waals surface area contributed by atoms with Crippen molar-refractivity contribution in [2.75, 3.05) is 0 Å². The van der Waals surface area contributed by atoms with Gasteiger partial charge < -0.3 is 14.6 Å². The third kappa shape index (κ3) is 2.95. The molecule has 5 rings (SSSR count). The quantitative estimate of drug-likeness (QED) is 0.313. The van der Waals surface area contributed by atoms with Gasteiger partial charge >= 0.3 is 7.12 Å². The number of fused-ring (bicyclic) bond motifs is 3. The average Bonchev–Trinajstić information content (AvgIpc) is 3.09. The zero-order valence-corrected chi connectivity index (χ0v) is 16.4. The minimum absolute atomic E-state index is 0.381. The van der Waals surface area contributed by atoms with E-state index < -0.39 is 7.12 Å². The topological polar surface area (TPSA) is 45.4 Å². The summed E-state index contributed by atoms with van der Waals surface area (Å²) in [6.07, 6.45) is 0. The molecule has 29 heavy (non-hydrogen) atoms. The standard InChI is InChI=1S/C24H18BNO2S/c27-25(28)20-14-17(16-8-2-1-3-9-16)15-23(24(20)29)26-21-12-6-4-10-18(21)19-11-5-7-13-22(19)26/h1-15,27-29H. The lowest BCUT2D eigenvalue weighted by Gasteiger charge is -2.17. The van der Waals surface area contributed by atoms with Gasteiger partial charge in [-0.15, -0.1) is 12.6 Å². The van der Waals surface area contributed by atoms with Crippen LogP contribution in [0.1, 0.15) is 0 Å². The van der Waals surface area contributed by atoms with Gasteiger partial charge in [0.15, 0.2) is 0 Å². The zero-order chi connectivity index (χ0) is 20.0. The minimum atomic E-state index is -1.61. The Labute approximate surface area is 174 Å². The summed E-state index contributed by atoms with van der Waals surface area (Å²) in [4.78, 5) is 0.547. The number of hydrogen-bond donors (Lipinski definition) is 3. The van der Waals surface area contributed by atoms with Crippen molar-refractivity contribution >= 4 is 47.0 Å². The van der Waals surface area contributed by atoms with Crippen molar-refractivity contribution in [3.05, 3.63) is 91.0 Å². The summed E-state index contributed by atoms with van der Waals surface area (Å²) in [5.41, 5.74) is 5.20. The van der Waals surface area contributed by atoms with E-state index >= 15 is 0 Å². The second-order valence-corrected chi connectivity index (χ2v) is 7.49. The van der Waals surface area contributed by atoms with Crippen molar-refractivity contribution in [1.29, 1.82) is 0 Å². The first-order valence-corrected chi connectivity index (χ1v) is 9.87. The number of benzene rings is 4. The molecule has 0 saturated heterocycles. The molecule has 4 aromatic carbocycles. The number of aromatic nitrogens is 1. The van der Waals surface area contributed by atoms with E-state index in [4.69, 9.17) is 12.6 Å². The summed E-state index contributed by atoms with van der Waals surface area (Å²) in [7, 11) is -1.61. The van der Waals surface area contributed by atoms with Gasteiger partial charge in [-0.1, -0.05) is 72.8 Å². The largest absolute Gasteiger partial charge is 0.489 e. The second kappa shape index (κ2) is 7.12. The van der Waals surface area contributed by atoms with Gasteiger partial charge in [0.05, 0.1) is 16.7 Å². The van der Waals surface area contributed by atoms with Crippen LogP contribution < -0.4 is 5.46 Å². The Morgan fingerprint density at radius 2 is 1.21 bits per heavy atom. The van der Waals surface area contributed by atoms with Crippen LogP contribution in [0.15, 0.2) is 95.9 Å². The van der Waals surface area contributed by atoms with Crippen molar-refractivity contribution < 1.29 is 10.0 Å². The van der Waals surface area contributed by atoms with Gasteiger partial charge in [-0.05, 0) is 34.8 Å². The fourth-order valence-electron chi connectivity index (χ4n) is 3.99. The van der Waals surface area contributed by atoms with Crippen molar-refractivity contribution in [1.82, 2.24) is 4.57 Å². The Balaban J connectivity index is 1.90. The number of hydrogen-bond acceptors (Lipinski definition) is 3. The zero-order valence-electron chi connectivity index (χ0n) is 15.5. The highest BCUT2D eigenvalue weighted by atomic mass is 32.1. The van der Waals surface area contributed by atoms with E-state index in [0.29, 0.717) is 10.4 Å². The molecule has 0 unspecified atom stereocenters. The normalized spacial score (nSPS) is 11.3. The SMILES string of the molecule is OB(O)c1cc(-c2ccccc2)cc(-n2c3ccccc3c3ccccc32)c1S. The molecule has 5 aromatic rings. The molecular weight excluding hydrogens is 377 g/mol. The molecule has 1 heterocycles. The molecule has 0 bridgehead atoms. The Morgan fingerprint density at radius 1 is 0.655 bits per heavy atom. The van der Waals surface area contributed by atoms with Crippen LogP contribution >= 0.6 is 12.6 Å². The van der Waals surface area contributed by atoms with Gasteiger partial charge in [-0.25, -0.2) is 0 Å². The smallest absolute Gasteiger partial charge is 0.423 e. The van der Waals surface area contributed by atoms with E-state index in [0.717, 1.165) is 38.6 Å². The summed E-state index contributed by atoms with van der Waals surface area (Å²) in [5.74, 6) is 0. The first kappa shape index (κ1) is 18.1. The van der Waals surface area contributed by atoms with Gasteiger partial charge in [0.2, 0.25) is 0 Å². The molecule has 0 radical (unpaired) electrons. The predicted molar refractivity (Wildman–Crippen MR) is 123 cm³/mol. The van der Waals surface area contributed by atoms with Crippen molar-refractivity contribution in [3.63, 3.8) is 0 Å². The van der Waals surface area contributed by atoms with Gasteiger partial charge in [-0.3, -0.25) is 0 Å². The van der Waals surface area contributed by atoms with Crippen molar-refractivity contribution in [2.24, 2.45) is 0 Å². The van der Waals surface area contributed by atoms with Crippen molar-refractivity contribution in [3.8, 4) is 16.8 Å². The Kier molecular flexibility index (Phi) is 4.44. The molecule has 0 amide bonds. The summed E-state index contributed by atoms with van der Waals surface area (Å²) >= 11 is 4.71. The Morgan fingerprint density at radius 3 is 1.79 bits per heavy atom. The minimum Gasteiger partial charge on any atom is -0.423 e. The molecule has 0 aliphatic rings. The van der Waals surface area contributed by atoms with Crippen LogP contribution in [0, 0.1) is 0 Å². The summed E-state index contributed by atoms with van der Waals surface area (Å²) < 4.78 is 2.14. The Bertz CT molecular complexity index is 1290. The number of rotatable bonds is 3. The summed E-state index contributed by atoms with van der Waals surface area (Å²) in [5, 5.41) is 22.3. The molecule has 5 heteroatoms. The fourth-order valence-corrected chi connectivity index (χ4v) is 4.33. The van der Waals surface area contributed by atoms with E-state index in [1.165, 1.54) is 0 Å². The van der Waals surface area contributed by atoms with Crippen LogP contribution in [0.4, 0.5) is 0 Å². The maximum Gasteiger partial charge on any atom is 0.489 e. The van der Waals surface area contributed by atoms with Crippen LogP contribution in [-0.2, 0) is 0 Å². The van der Waals surface area contributed by atoms with Gasteiger partial charge in [0.1, 0.15) is 0 Å². The van der Waals surface area contributed by atoms with E-state index in [-0.39, 0.29) is 0 Å². The maximum atomic E-state index is 10.0. The molecule has 0 aliphatic carbocycles. The summed E-state index contributed by atoms with van der Waals surface area (Å²) in [6, 6.07) is 30.2. The third-order valence-electron chi connectivity index (χ3n) is 5.33. The lowest BCUT2D eigenvalue weighted by atomic mass is 9.78. The monoisotopic (exact) mass is 395 g/mol. The highest BCUT2D eigenvalue weighted by Crippen LogP contribution is 2.35. The highest BCUT2D eigenvalue weighted by Gasteiger charge is 2.22. The van der Waals surface area contributed by atoms with Crippen LogP contribution in [0.3, 0.4) is 0 Å². The molecule has 0 aliphatic heterocycles. The molecule has 140 valence electrons. The molecule has 0 atom stereocenters. The maximum absolute atomic E-state index is 10.0. The van der Waals surface area contributed by atoms with Crippen LogP contribution in [0.2, 0.25) is 0 Å². The molecule has 3 nitrogen and oxygen atoms in total. The molecule has 0 saturated carbocycles. The van der Waals surface area contributed by atoms with Crippen LogP contribution in [0.5, 0.6) is 0 Å². The molecule has 0 spiro atoms. The van der Waals surface area contributed by atoms with E-state index in [2.05, 4.69) is 34.9 Å².